The van der Waals surface area contributed by atoms with Gasteiger partial charge in [0.25, 0.3) is 6.71 Å². The van der Waals surface area contributed by atoms with Gasteiger partial charge in [-0.3, -0.25) is 0 Å². The zero-order chi connectivity index (χ0) is 88.2. The largest absolute Gasteiger partial charge is 0.310 e. The smallest absolute Gasteiger partial charge is 0.252 e. The Balaban J connectivity index is 0.889. The number of rotatable bonds is 10. The van der Waals surface area contributed by atoms with Crippen LogP contribution in [-0.4, -0.2) is 25.0 Å². The molecule has 0 fully saturated rings. The quantitative estimate of drug-likeness (QED) is 0.128. The third-order valence-corrected chi connectivity index (χ3v) is 28.2. The van der Waals surface area contributed by atoms with Gasteiger partial charge in [0.15, 0.2) is 0 Å². The topological polar surface area (TPSA) is 26.2 Å². The van der Waals surface area contributed by atoms with Gasteiger partial charge in [0.2, 0.25) is 0 Å². The van der Waals surface area contributed by atoms with Crippen LogP contribution in [0.2, 0.25) is 0 Å². The lowest BCUT2D eigenvalue weighted by Gasteiger charge is -2.46. The molecule has 0 radical (unpaired) electrons. The first-order valence-electron chi connectivity index (χ1n) is 46.0. The Kier molecular flexibility index (Phi) is 17.9. The number of hydrogen-bond acceptors (Lipinski definition) is 2. The lowest BCUT2D eigenvalue weighted by Crippen LogP contribution is -2.61. The van der Waals surface area contributed by atoms with E-state index in [1.165, 1.54) is 109 Å². The van der Waals surface area contributed by atoms with Gasteiger partial charge in [0.05, 0.1) is 55.5 Å². The fourth-order valence-corrected chi connectivity index (χ4v) is 21.5. The molecule has 4 aromatic heterocycles. The van der Waals surface area contributed by atoms with Crippen molar-refractivity contribution in [2.24, 2.45) is 0 Å². The highest BCUT2D eigenvalue weighted by atomic mass is 15.2. The van der Waals surface area contributed by atoms with Crippen LogP contribution in [0.5, 0.6) is 0 Å². The molecular weight excluding hydrogens is 1560 g/mol. The fraction of sp³-hybridized carbons (Fsp3) is 0.164. The summed E-state index contributed by atoms with van der Waals surface area (Å²) in [5, 5.41) is 9.65. The molecule has 0 N–H and O–H groups in total. The predicted octanol–water partition coefficient (Wildman–Crippen LogP) is 31.3. The highest BCUT2D eigenvalue weighted by molar-refractivity contribution is 7.00. The average molecular weight is 1670 g/mol. The summed E-state index contributed by atoms with van der Waals surface area (Å²) in [7, 11) is 0. The molecule has 2 aliphatic rings. The molecule has 0 amide bonds. The van der Waals surface area contributed by atoms with Crippen molar-refractivity contribution in [2.75, 3.05) is 9.80 Å². The minimum absolute atomic E-state index is 0.0795. The molecule has 17 aromatic carbocycles. The fourth-order valence-electron chi connectivity index (χ4n) is 21.5. The van der Waals surface area contributed by atoms with Crippen molar-refractivity contribution < 1.29 is 0 Å². The first-order chi connectivity index (χ1) is 62.2. The molecule has 7 heteroatoms. The Bertz CT molecular complexity index is 7520. The SMILES string of the molecule is CC(C)(C)c1ccc(-c2cccc(-c3ccc(C(C)(C)C)cc3)c2N2c3cc(-n4c5ccccc5c5ccc6c(c7ccccc7n6-c6ccccc6)c54)ccc3B3c4ccc(-n5c6ccccc6c6ccc7c(c8ccccc8n7-c7ccccc7)c65)cc4N(c4c(-c5ccc(C(C)(C)C)cc5)cccc4-c4ccc(C(C)(C)C)cc4)c4cc(C(C)(C)C)cc2c43)cc1. The molecule has 0 saturated carbocycles. The van der Waals surface area contributed by atoms with Crippen molar-refractivity contribution in [2.45, 2.75) is 131 Å². The first-order valence-corrected chi connectivity index (χ1v) is 46.0. The highest BCUT2D eigenvalue weighted by Gasteiger charge is 2.47. The van der Waals surface area contributed by atoms with Crippen molar-refractivity contribution in [3.05, 3.63) is 392 Å². The molecule has 2 aliphatic heterocycles. The summed E-state index contributed by atoms with van der Waals surface area (Å²) in [5.41, 5.74) is 38.8. The second kappa shape index (κ2) is 29.1. The van der Waals surface area contributed by atoms with Crippen LogP contribution in [0.25, 0.3) is 154 Å². The molecule has 0 atom stereocenters. The number of fused-ring (bicyclic) bond motifs is 18. The second-order valence-electron chi connectivity index (χ2n) is 41.3. The molecule has 6 heterocycles. The molecule has 0 aliphatic carbocycles. The number of benzene rings is 17. The Labute approximate surface area is 757 Å². The number of hydrogen-bond donors (Lipinski definition) is 0. The van der Waals surface area contributed by atoms with E-state index in [0.717, 1.165) is 123 Å². The molecule has 0 bridgehead atoms. The minimum Gasteiger partial charge on any atom is -0.310 e. The van der Waals surface area contributed by atoms with Crippen LogP contribution in [0.3, 0.4) is 0 Å². The zero-order valence-corrected chi connectivity index (χ0v) is 76.4. The molecule has 0 saturated heterocycles. The number of nitrogens with zero attached hydrogens (tertiary/aromatic N) is 6. The summed E-state index contributed by atoms with van der Waals surface area (Å²) >= 11 is 0. The standard InChI is InChI=1S/C122H105BN6/c1-118(2,3)80-56-48-76(49-57-80)89-40-30-41-90(77-50-58-81(59-51-77)119(4,5)6)114(89)128-107-74-87(126-101-44-26-22-36-93(101)95-66-70-105-111(116(95)126)97-38-24-28-46-103(97)124(105)85-32-18-16-19-33-85)64-68-99(107)123-100-69-65-88(127-102-45-27-23-37-94(102)96-67-71-106-112(117(96)127)98-39-25-29-47-104(98)125(106)86-34-20-17-21-35-86)75-108(100)129(110-73-84(122(13,14)15)72-109(128)113(110)123)115-91(78-52-60-82(61-53-78)120(7,8)9)42-31-43-92(115)79-54-62-83(63-55-79)121(10,11)12/h16-75H,1-15H3. The van der Waals surface area contributed by atoms with E-state index in [2.05, 4.69) is 496 Å². The lowest BCUT2D eigenvalue weighted by atomic mass is 9.33. The molecule has 129 heavy (non-hydrogen) atoms. The van der Waals surface area contributed by atoms with Crippen molar-refractivity contribution in [3.8, 4) is 67.3 Å². The maximum Gasteiger partial charge on any atom is 0.252 e. The Hall–Kier alpha value is -14.4. The van der Waals surface area contributed by atoms with Crippen molar-refractivity contribution >= 4 is 144 Å². The highest BCUT2D eigenvalue weighted by Crippen LogP contribution is 2.56. The van der Waals surface area contributed by atoms with Crippen LogP contribution in [0.15, 0.2) is 364 Å². The van der Waals surface area contributed by atoms with Gasteiger partial charge in [-0.2, -0.15) is 0 Å². The van der Waals surface area contributed by atoms with Gasteiger partial charge in [-0.1, -0.05) is 371 Å². The van der Waals surface area contributed by atoms with E-state index in [9.17, 15) is 0 Å². The van der Waals surface area contributed by atoms with Crippen LogP contribution >= 0.6 is 0 Å². The summed E-state index contributed by atoms with van der Waals surface area (Å²) < 4.78 is 10.2. The third kappa shape index (κ3) is 12.6. The molecule has 21 aromatic rings. The maximum atomic E-state index is 2.77. The monoisotopic (exact) mass is 1660 g/mol. The maximum absolute atomic E-state index is 2.77. The van der Waals surface area contributed by atoms with Gasteiger partial charge in [-0.25, -0.2) is 0 Å². The lowest BCUT2D eigenvalue weighted by molar-refractivity contribution is 0.590. The van der Waals surface area contributed by atoms with Crippen LogP contribution in [0.4, 0.5) is 34.1 Å². The van der Waals surface area contributed by atoms with E-state index in [1.54, 1.807) is 0 Å². The Morgan fingerprint density at radius 1 is 0.202 bits per heavy atom. The summed E-state index contributed by atoms with van der Waals surface area (Å²) in [6, 6.07) is 141. The predicted molar refractivity (Wildman–Crippen MR) is 553 cm³/mol. The molecule has 626 valence electrons. The normalized spacial score (nSPS) is 13.2. The summed E-state index contributed by atoms with van der Waals surface area (Å²) in [4.78, 5) is 5.54. The van der Waals surface area contributed by atoms with Gasteiger partial charge < -0.3 is 28.1 Å². The van der Waals surface area contributed by atoms with Crippen molar-refractivity contribution in [1.29, 1.82) is 0 Å². The van der Waals surface area contributed by atoms with E-state index in [0.29, 0.717) is 0 Å². The van der Waals surface area contributed by atoms with Crippen LogP contribution in [0, 0.1) is 0 Å². The number of para-hydroxylation sites is 8. The van der Waals surface area contributed by atoms with E-state index >= 15 is 0 Å². The van der Waals surface area contributed by atoms with Crippen LogP contribution in [-0.2, 0) is 27.1 Å². The summed E-state index contributed by atoms with van der Waals surface area (Å²) in [6.45, 7) is 34.9. The van der Waals surface area contributed by atoms with Gasteiger partial charge in [0.1, 0.15) is 0 Å². The van der Waals surface area contributed by atoms with E-state index < -0.39 is 5.41 Å². The van der Waals surface area contributed by atoms with E-state index in [4.69, 9.17) is 0 Å². The van der Waals surface area contributed by atoms with Crippen molar-refractivity contribution in [1.82, 2.24) is 18.3 Å². The van der Waals surface area contributed by atoms with Gasteiger partial charge in [-0.15, -0.1) is 0 Å². The van der Waals surface area contributed by atoms with Gasteiger partial charge >= 0.3 is 0 Å². The molecule has 0 unspecified atom stereocenters. The molecule has 23 rings (SSSR count). The van der Waals surface area contributed by atoms with E-state index in [1.807, 2.05) is 0 Å². The molecular formula is C122H105BN6. The first kappa shape index (κ1) is 79.3. The Morgan fingerprint density at radius 3 is 0.814 bits per heavy atom. The second-order valence-corrected chi connectivity index (χ2v) is 41.3. The van der Waals surface area contributed by atoms with Crippen LogP contribution in [0.1, 0.15) is 132 Å². The summed E-state index contributed by atoms with van der Waals surface area (Å²) in [6.07, 6.45) is 0. The van der Waals surface area contributed by atoms with E-state index in [-0.39, 0.29) is 28.4 Å². The molecule has 6 nitrogen and oxygen atoms in total. The third-order valence-electron chi connectivity index (χ3n) is 28.2. The van der Waals surface area contributed by atoms with Crippen LogP contribution < -0.4 is 26.2 Å². The van der Waals surface area contributed by atoms with Gasteiger partial charge in [0, 0.05) is 111 Å². The molecule has 0 spiro atoms. The number of aromatic nitrogens is 4. The van der Waals surface area contributed by atoms with Crippen molar-refractivity contribution in [3.63, 3.8) is 0 Å². The minimum atomic E-state index is -0.398. The zero-order valence-electron chi connectivity index (χ0n) is 76.4. The number of anilines is 6. The summed E-state index contributed by atoms with van der Waals surface area (Å²) in [5.74, 6) is 0. The van der Waals surface area contributed by atoms with Gasteiger partial charge in [-0.05, 0) is 191 Å². The Morgan fingerprint density at radius 2 is 0.496 bits per heavy atom. The average Bonchev–Trinajstić information content (AvgIpc) is 0.693.